The summed E-state index contributed by atoms with van der Waals surface area (Å²) in [6.45, 7) is 2.34. The second-order valence-corrected chi connectivity index (χ2v) is 4.78. The molecule has 1 atom stereocenters. The Hall–Kier alpha value is -0.0400. The van der Waals surface area contributed by atoms with Crippen LogP contribution in [0.1, 0.15) is 58.3 Å². The third-order valence-electron chi connectivity index (χ3n) is 3.66. The second-order valence-electron chi connectivity index (χ2n) is 4.78. The van der Waals surface area contributed by atoms with Crippen LogP contribution in [0.3, 0.4) is 0 Å². The third-order valence-corrected chi connectivity index (χ3v) is 3.66. The quantitative estimate of drug-likeness (QED) is 0.585. The Balaban J connectivity index is 1.97. The molecular formula is C11H21N. The van der Waals surface area contributed by atoms with Gasteiger partial charge in [0, 0.05) is 11.6 Å². The van der Waals surface area contributed by atoms with Gasteiger partial charge in [-0.15, -0.1) is 0 Å². The van der Waals surface area contributed by atoms with Crippen molar-refractivity contribution in [3.05, 3.63) is 0 Å². The number of hydrogen-bond acceptors (Lipinski definition) is 1. The van der Waals surface area contributed by atoms with Gasteiger partial charge < -0.3 is 5.32 Å². The molecule has 1 aliphatic carbocycles. The van der Waals surface area contributed by atoms with Crippen molar-refractivity contribution in [3.8, 4) is 0 Å². The summed E-state index contributed by atoms with van der Waals surface area (Å²) in [5.41, 5.74) is 0.579. The molecule has 1 spiro atoms. The first-order valence-corrected chi connectivity index (χ1v) is 5.58. The predicted octanol–water partition coefficient (Wildman–Crippen LogP) is 2.85. The molecule has 1 N–H and O–H groups in total. The van der Waals surface area contributed by atoms with E-state index in [4.69, 9.17) is 0 Å². The number of hydrogen-bond donors (Lipinski definition) is 1. The van der Waals surface area contributed by atoms with Gasteiger partial charge in [-0.1, -0.05) is 25.7 Å². The maximum Gasteiger partial charge on any atom is 0.0184 e. The summed E-state index contributed by atoms with van der Waals surface area (Å²) in [7, 11) is 0. The molecule has 0 amide bonds. The molecule has 2 rings (SSSR count). The first-order valence-electron chi connectivity index (χ1n) is 5.58. The Bertz CT molecular complexity index is 142. The highest BCUT2D eigenvalue weighted by Gasteiger charge is 2.34. The number of nitrogens with one attached hydrogen (secondary N) is 1. The molecule has 2 aliphatic rings. The Kier molecular flexibility index (Phi) is 2.40. The minimum Gasteiger partial charge on any atom is -0.309 e. The van der Waals surface area contributed by atoms with E-state index in [0.717, 1.165) is 6.04 Å². The standard InChI is InChI=1S/C11H21N/c1-10-6-5-9-11(12-10)7-3-2-4-8-11/h10,12H,2-9H2,1H3. The fourth-order valence-electron chi connectivity index (χ4n) is 3.04. The van der Waals surface area contributed by atoms with Crippen LogP contribution in [0.25, 0.3) is 0 Å². The van der Waals surface area contributed by atoms with Crippen molar-refractivity contribution in [2.24, 2.45) is 0 Å². The molecule has 1 saturated carbocycles. The highest BCUT2D eigenvalue weighted by Crippen LogP contribution is 2.35. The lowest BCUT2D eigenvalue weighted by atomic mass is 9.75. The van der Waals surface area contributed by atoms with Crippen LogP contribution in [-0.4, -0.2) is 11.6 Å². The van der Waals surface area contributed by atoms with Gasteiger partial charge in [-0.25, -0.2) is 0 Å². The zero-order valence-corrected chi connectivity index (χ0v) is 8.23. The largest absolute Gasteiger partial charge is 0.309 e. The van der Waals surface area contributed by atoms with E-state index >= 15 is 0 Å². The summed E-state index contributed by atoms with van der Waals surface area (Å²) in [5, 5.41) is 3.83. The van der Waals surface area contributed by atoms with Crippen LogP contribution in [0.4, 0.5) is 0 Å². The number of rotatable bonds is 0. The van der Waals surface area contributed by atoms with Crippen LogP contribution < -0.4 is 5.32 Å². The van der Waals surface area contributed by atoms with E-state index in [1.54, 1.807) is 0 Å². The molecule has 12 heavy (non-hydrogen) atoms. The van der Waals surface area contributed by atoms with E-state index in [1.807, 2.05) is 0 Å². The smallest absolute Gasteiger partial charge is 0.0184 e. The van der Waals surface area contributed by atoms with Crippen molar-refractivity contribution in [2.75, 3.05) is 0 Å². The highest BCUT2D eigenvalue weighted by molar-refractivity contribution is 4.95. The molecule has 1 aliphatic heterocycles. The summed E-state index contributed by atoms with van der Waals surface area (Å²) in [6.07, 6.45) is 11.6. The summed E-state index contributed by atoms with van der Waals surface area (Å²) < 4.78 is 0. The van der Waals surface area contributed by atoms with Gasteiger partial charge in [-0.3, -0.25) is 0 Å². The van der Waals surface area contributed by atoms with E-state index in [9.17, 15) is 0 Å². The van der Waals surface area contributed by atoms with Crippen molar-refractivity contribution < 1.29 is 0 Å². The van der Waals surface area contributed by atoms with Crippen LogP contribution in [0.2, 0.25) is 0 Å². The Morgan fingerprint density at radius 2 is 1.67 bits per heavy atom. The van der Waals surface area contributed by atoms with Gasteiger partial charge >= 0.3 is 0 Å². The Labute approximate surface area is 75.9 Å². The number of piperidine rings is 1. The van der Waals surface area contributed by atoms with Gasteiger partial charge in [0.1, 0.15) is 0 Å². The lowest BCUT2D eigenvalue weighted by Gasteiger charge is -2.44. The van der Waals surface area contributed by atoms with Crippen molar-refractivity contribution in [3.63, 3.8) is 0 Å². The average Bonchev–Trinajstić information content (AvgIpc) is 2.05. The van der Waals surface area contributed by atoms with Crippen LogP contribution in [0, 0.1) is 0 Å². The zero-order valence-electron chi connectivity index (χ0n) is 8.23. The normalized spacial score (nSPS) is 35.2. The third kappa shape index (κ3) is 1.66. The topological polar surface area (TPSA) is 12.0 Å². The van der Waals surface area contributed by atoms with Gasteiger partial charge in [0.2, 0.25) is 0 Å². The van der Waals surface area contributed by atoms with E-state index < -0.39 is 0 Å². The van der Waals surface area contributed by atoms with Crippen LogP contribution in [0.15, 0.2) is 0 Å². The van der Waals surface area contributed by atoms with Gasteiger partial charge in [0.05, 0.1) is 0 Å². The molecule has 1 nitrogen and oxygen atoms in total. The van der Waals surface area contributed by atoms with Gasteiger partial charge in [0.15, 0.2) is 0 Å². The van der Waals surface area contributed by atoms with Crippen LogP contribution in [-0.2, 0) is 0 Å². The van der Waals surface area contributed by atoms with Crippen molar-refractivity contribution >= 4 is 0 Å². The molecule has 1 unspecified atom stereocenters. The van der Waals surface area contributed by atoms with Crippen LogP contribution in [0.5, 0.6) is 0 Å². The molecule has 0 aromatic heterocycles. The lowest BCUT2D eigenvalue weighted by Crippen LogP contribution is -2.53. The summed E-state index contributed by atoms with van der Waals surface area (Å²) in [5.74, 6) is 0. The highest BCUT2D eigenvalue weighted by atomic mass is 15.0. The van der Waals surface area contributed by atoms with Gasteiger partial charge in [0.25, 0.3) is 0 Å². The van der Waals surface area contributed by atoms with E-state index in [2.05, 4.69) is 12.2 Å². The molecule has 0 bridgehead atoms. The minimum atomic E-state index is 0.579. The zero-order chi connectivity index (χ0) is 8.44. The van der Waals surface area contributed by atoms with Gasteiger partial charge in [-0.2, -0.15) is 0 Å². The maximum absolute atomic E-state index is 3.83. The molecule has 0 aromatic carbocycles. The molecule has 1 saturated heterocycles. The SMILES string of the molecule is CC1CCCC2(CCCCC2)N1. The molecule has 70 valence electrons. The molecule has 1 heterocycles. The fourth-order valence-corrected chi connectivity index (χ4v) is 3.04. The predicted molar refractivity (Wildman–Crippen MR) is 52.3 cm³/mol. The Morgan fingerprint density at radius 3 is 2.33 bits per heavy atom. The summed E-state index contributed by atoms with van der Waals surface area (Å²) in [4.78, 5) is 0. The second kappa shape index (κ2) is 3.37. The first kappa shape index (κ1) is 8.55. The Morgan fingerprint density at radius 1 is 1.00 bits per heavy atom. The lowest BCUT2D eigenvalue weighted by molar-refractivity contribution is 0.156. The van der Waals surface area contributed by atoms with Crippen LogP contribution >= 0.6 is 0 Å². The van der Waals surface area contributed by atoms with E-state index in [0.29, 0.717) is 5.54 Å². The monoisotopic (exact) mass is 167 g/mol. The average molecular weight is 167 g/mol. The summed E-state index contributed by atoms with van der Waals surface area (Å²) >= 11 is 0. The summed E-state index contributed by atoms with van der Waals surface area (Å²) in [6, 6.07) is 0.775. The first-order chi connectivity index (χ1) is 5.81. The molecule has 0 radical (unpaired) electrons. The fraction of sp³-hybridized carbons (Fsp3) is 1.00. The van der Waals surface area contributed by atoms with Crippen molar-refractivity contribution in [2.45, 2.75) is 69.9 Å². The molecule has 0 aromatic rings. The van der Waals surface area contributed by atoms with Gasteiger partial charge in [-0.05, 0) is 32.6 Å². The van der Waals surface area contributed by atoms with Crippen molar-refractivity contribution in [1.29, 1.82) is 0 Å². The van der Waals surface area contributed by atoms with Crippen molar-refractivity contribution in [1.82, 2.24) is 5.32 Å². The maximum atomic E-state index is 3.83. The minimum absolute atomic E-state index is 0.579. The molecule has 2 fully saturated rings. The molecular weight excluding hydrogens is 146 g/mol. The van der Waals surface area contributed by atoms with E-state index in [1.165, 1.54) is 51.4 Å². The van der Waals surface area contributed by atoms with E-state index in [-0.39, 0.29) is 0 Å². The molecule has 1 heteroatoms.